The topological polar surface area (TPSA) is 129 Å². The van der Waals surface area contributed by atoms with E-state index in [2.05, 4.69) is 10.2 Å². The first-order chi connectivity index (χ1) is 18.8. The number of aromatic carboxylic acids is 1. The van der Waals surface area contributed by atoms with Gasteiger partial charge in [-0.2, -0.15) is 0 Å². The van der Waals surface area contributed by atoms with Crippen molar-refractivity contribution in [1.82, 2.24) is 4.90 Å². The number of rotatable bonds is 7. The Kier molecular flexibility index (Phi) is 7.73. The molecular formula is C27H22ClN3O7S. The van der Waals surface area contributed by atoms with Crippen LogP contribution in [0.15, 0.2) is 63.9 Å². The molecule has 2 fully saturated rings. The molecule has 10 nitrogen and oxygen atoms in total. The summed E-state index contributed by atoms with van der Waals surface area (Å²) in [5, 5.41) is 11.8. The van der Waals surface area contributed by atoms with E-state index in [9.17, 15) is 24.3 Å². The average Bonchev–Trinajstić information content (AvgIpc) is 3.49. The molecule has 2 aliphatic heterocycles. The standard InChI is InChI=1S/C27H22ClN3O7S/c28-19-7-5-16(26(34)35)13-18(19)22-8-6-17(38-22)14-23-25(33)31(27(36)39-23)15-24(32)29-20-3-1-2-4-21(20)30-9-11-37-12-10-30/h1-8,13-14H,9-12,15H2,(H,29,32)(H,34,35)/b23-14-. The van der Waals surface area contributed by atoms with Gasteiger partial charge in [-0.3, -0.25) is 19.3 Å². The number of nitrogens with zero attached hydrogens (tertiary/aromatic N) is 2. The van der Waals surface area contributed by atoms with Crippen LogP contribution >= 0.6 is 23.4 Å². The second-order valence-corrected chi connectivity index (χ2v) is 10.0. The van der Waals surface area contributed by atoms with Crippen molar-refractivity contribution >= 4 is 63.8 Å². The van der Waals surface area contributed by atoms with Gasteiger partial charge in [-0.15, -0.1) is 0 Å². The van der Waals surface area contributed by atoms with Crippen molar-refractivity contribution in [2.45, 2.75) is 0 Å². The molecule has 3 heterocycles. The van der Waals surface area contributed by atoms with E-state index in [0.717, 1.165) is 10.6 Å². The maximum Gasteiger partial charge on any atom is 0.335 e. The molecule has 200 valence electrons. The summed E-state index contributed by atoms with van der Waals surface area (Å²) < 4.78 is 11.2. The predicted octanol–water partition coefficient (Wildman–Crippen LogP) is 4.81. The second kappa shape index (κ2) is 11.4. The van der Waals surface area contributed by atoms with Crippen molar-refractivity contribution in [3.05, 3.63) is 75.8 Å². The van der Waals surface area contributed by atoms with E-state index < -0.39 is 29.6 Å². The number of carbonyl (C=O) groups excluding carboxylic acids is 3. The van der Waals surface area contributed by atoms with Crippen molar-refractivity contribution in [1.29, 1.82) is 0 Å². The van der Waals surface area contributed by atoms with Crippen LogP contribution in [0.25, 0.3) is 17.4 Å². The molecule has 0 radical (unpaired) electrons. The molecule has 2 aliphatic rings. The Bertz CT molecular complexity index is 1500. The van der Waals surface area contributed by atoms with E-state index in [1.54, 1.807) is 24.3 Å². The minimum absolute atomic E-state index is 0.0410. The van der Waals surface area contributed by atoms with Crippen LogP contribution in [0.3, 0.4) is 0 Å². The highest BCUT2D eigenvalue weighted by Gasteiger charge is 2.36. The van der Waals surface area contributed by atoms with Gasteiger partial charge in [0.1, 0.15) is 18.1 Å². The number of hydrogen-bond acceptors (Lipinski definition) is 8. The van der Waals surface area contributed by atoms with Gasteiger partial charge in [-0.25, -0.2) is 4.79 Å². The number of ether oxygens (including phenoxy) is 1. The number of halogens is 1. The lowest BCUT2D eigenvalue weighted by Gasteiger charge is -2.30. The quantitative estimate of drug-likeness (QED) is 0.386. The number of imide groups is 1. The van der Waals surface area contributed by atoms with Crippen LogP contribution in [0.2, 0.25) is 5.02 Å². The molecule has 2 saturated heterocycles. The fraction of sp³-hybridized carbons (Fsp3) is 0.185. The molecule has 2 N–H and O–H groups in total. The van der Waals surface area contributed by atoms with Crippen molar-refractivity contribution in [3.63, 3.8) is 0 Å². The van der Waals surface area contributed by atoms with Crippen LogP contribution in [0.5, 0.6) is 0 Å². The van der Waals surface area contributed by atoms with Gasteiger partial charge in [0, 0.05) is 24.7 Å². The summed E-state index contributed by atoms with van der Waals surface area (Å²) >= 11 is 6.91. The van der Waals surface area contributed by atoms with Crippen molar-refractivity contribution in [2.75, 3.05) is 43.1 Å². The number of furan rings is 1. The van der Waals surface area contributed by atoms with Gasteiger partial charge in [0.05, 0.1) is 40.1 Å². The normalized spacial score (nSPS) is 16.7. The summed E-state index contributed by atoms with van der Waals surface area (Å²) in [5.41, 5.74) is 1.84. The Morgan fingerprint density at radius 1 is 1.08 bits per heavy atom. The van der Waals surface area contributed by atoms with Gasteiger partial charge in [-0.05, 0) is 54.2 Å². The van der Waals surface area contributed by atoms with Crippen molar-refractivity contribution in [2.24, 2.45) is 0 Å². The Labute approximate surface area is 232 Å². The number of carboxylic acid groups (broad SMARTS) is 1. The molecule has 3 aromatic rings. The number of benzene rings is 2. The molecule has 5 rings (SSSR count). The SMILES string of the molecule is O=C(CN1C(=O)S/C(=C\c2ccc(-c3cc(C(=O)O)ccc3Cl)o2)C1=O)Nc1ccccc1N1CCOCC1. The van der Waals surface area contributed by atoms with Gasteiger partial charge in [0.25, 0.3) is 11.1 Å². The summed E-state index contributed by atoms with van der Waals surface area (Å²) in [4.78, 5) is 52.7. The lowest BCUT2D eigenvalue weighted by atomic mass is 10.1. The molecular weight excluding hydrogens is 546 g/mol. The molecule has 0 saturated carbocycles. The van der Waals surface area contributed by atoms with E-state index in [4.69, 9.17) is 20.8 Å². The molecule has 0 aliphatic carbocycles. The number of thioether (sulfide) groups is 1. The van der Waals surface area contributed by atoms with Gasteiger partial charge in [0.15, 0.2) is 0 Å². The van der Waals surface area contributed by atoms with Crippen molar-refractivity contribution < 1.29 is 33.4 Å². The lowest BCUT2D eigenvalue weighted by Crippen LogP contribution is -2.38. The molecule has 2 aromatic carbocycles. The predicted molar refractivity (Wildman–Crippen MR) is 147 cm³/mol. The molecule has 0 atom stereocenters. The number of carbonyl (C=O) groups is 4. The van der Waals surface area contributed by atoms with Gasteiger partial charge in [-0.1, -0.05) is 23.7 Å². The smallest absolute Gasteiger partial charge is 0.335 e. The van der Waals surface area contributed by atoms with Crippen LogP contribution in [-0.4, -0.2) is 65.9 Å². The monoisotopic (exact) mass is 567 g/mol. The van der Waals surface area contributed by atoms with Gasteiger partial charge >= 0.3 is 5.97 Å². The lowest BCUT2D eigenvalue weighted by molar-refractivity contribution is -0.127. The number of morpholine rings is 1. The molecule has 0 spiro atoms. The van der Waals surface area contributed by atoms with E-state index in [1.165, 1.54) is 24.3 Å². The zero-order chi connectivity index (χ0) is 27.5. The van der Waals surface area contributed by atoms with Gasteiger partial charge in [0.2, 0.25) is 5.91 Å². The first-order valence-electron chi connectivity index (χ1n) is 11.9. The second-order valence-electron chi connectivity index (χ2n) is 8.63. The summed E-state index contributed by atoms with van der Waals surface area (Å²) in [6.45, 7) is 2.11. The number of para-hydroxylation sites is 2. The summed E-state index contributed by atoms with van der Waals surface area (Å²) in [6, 6.07) is 14.7. The fourth-order valence-electron chi connectivity index (χ4n) is 4.18. The van der Waals surface area contributed by atoms with Gasteiger partial charge < -0.3 is 24.5 Å². The molecule has 12 heteroatoms. The number of amides is 3. The Balaban J connectivity index is 1.28. The molecule has 39 heavy (non-hydrogen) atoms. The average molecular weight is 568 g/mol. The molecule has 0 bridgehead atoms. The number of carboxylic acids is 1. The fourth-order valence-corrected chi connectivity index (χ4v) is 5.21. The zero-order valence-electron chi connectivity index (χ0n) is 20.4. The van der Waals surface area contributed by atoms with E-state index in [-0.39, 0.29) is 16.2 Å². The molecule has 3 amide bonds. The van der Waals surface area contributed by atoms with E-state index in [0.29, 0.717) is 60.1 Å². The first kappa shape index (κ1) is 26.5. The van der Waals surface area contributed by atoms with Crippen LogP contribution < -0.4 is 10.2 Å². The Hall–Kier alpha value is -4.06. The third-order valence-corrected chi connectivity index (χ3v) is 7.32. The Morgan fingerprint density at radius 2 is 1.85 bits per heavy atom. The van der Waals surface area contributed by atoms with Crippen LogP contribution in [0.1, 0.15) is 16.1 Å². The highest BCUT2D eigenvalue weighted by atomic mass is 35.5. The summed E-state index contributed by atoms with van der Waals surface area (Å²) in [6.07, 6.45) is 1.40. The van der Waals surface area contributed by atoms with Crippen LogP contribution in [0.4, 0.5) is 16.2 Å². The summed E-state index contributed by atoms with van der Waals surface area (Å²) in [7, 11) is 0. The highest BCUT2D eigenvalue weighted by Crippen LogP contribution is 2.35. The van der Waals surface area contributed by atoms with E-state index in [1.807, 2.05) is 12.1 Å². The first-order valence-corrected chi connectivity index (χ1v) is 13.1. The minimum atomic E-state index is -1.11. The van der Waals surface area contributed by atoms with Crippen LogP contribution in [0, 0.1) is 0 Å². The maximum absolute atomic E-state index is 13.0. The Morgan fingerprint density at radius 3 is 2.62 bits per heavy atom. The number of nitrogens with one attached hydrogen (secondary N) is 1. The van der Waals surface area contributed by atoms with E-state index >= 15 is 0 Å². The van der Waals surface area contributed by atoms with Crippen molar-refractivity contribution in [3.8, 4) is 11.3 Å². The minimum Gasteiger partial charge on any atom is -0.478 e. The maximum atomic E-state index is 13.0. The zero-order valence-corrected chi connectivity index (χ0v) is 22.0. The summed E-state index contributed by atoms with van der Waals surface area (Å²) in [5.74, 6) is -1.68. The number of anilines is 2. The van der Waals surface area contributed by atoms with Crippen LogP contribution in [-0.2, 0) is 14.3 Å². The number of hydrogen-bond donors (Lipinski definition) is 2. The third-order valence-electron chi connectivity index (χ3n) is 6.08. The third kappa shape index (κ3) is 5.85. The largest absolute Gasteiger partial charge is 0.478 e. The molecule has 1 aromatic heterocycles. The highest BCUT2D eigenvalue weighted by molar-refractivity contribution is 8.18. The molecule has 0 unspecified atom stereocenters.